The third kappa shape index (κ3) is 4.83. The van der Waals surface area contributed by atoms with Gasteiger partial charge in [-0.1, -0.05) is 46.8 Å². The maximum absolute atomic E-state index is 11.3. The fourth-order valence-electron chi connectivity index (χ4n) is 9.09. The van der Waals surface area contributed by atoms with Gasteiger partial charge in [0.25, 0.3) is 0 Å². The van der Waals surface area contributed by atoms with Crippen LogP contribution >= 0.6 is 0 Å². The van der Waals surface area contributed by atoms with Crippen molar-refractivity contribution in [1.82, 2.24) is 0 Å². The zero-order valence-electron chi connectivity index (χ0n) is 21.4. The molecule has 4 aliphatic carbocycles. The molecular formula is C27H47NO4S. The molecule has 6 heteroatoms. The predicted molar refractivity (Wildman–Crippen MR) is 133 cm³/mol. The van der Waals surface area contributed by atoms with Crippen molar-refractivity contribution in [2.45, 2.75) is 105 Å². The average molecular weight is 482 g/mol. The maximum atomic E-state index is 11.3. The van der Waals surface area contributed by atoms with E-state index in [-0.39, 0.29) is 12.0 Å². The van der Waals surface area contributed by atoms with E-state index in [1.165, 1.54) is 38.5 Å². The standard InChI is InChI=1S/C27H47NO4S/c1-17(2)25(32-33(29,30)31)11-6-18(3)22-9-10-23-21-8-7-19-16-20(28)12-14-26(19,4)24(21)13-15-27(22,23)5/h12,14,17-25H,6-11,13,15-16,28H2,1-5H3,(H,29,30,31)/t18?,19?,20-,21+,22-,23+,24+,25-,26+,27-/m1/s1. The Labute approximate surface area is 202 Å². The van der Waals surface area contributed by atoms with E-state index in [2.05, 4.69) is 32.9 Å². The Kier molecular flexibility index (Phi) is 7.17. The lowest BCUT2D eigenvalue weighted by Gasteiger charge is -2.60. The molecule has 0 radical (unpaired) electrons. The second-order valence-electron chi connectivity index (χ2n) is 12.9. The number of rotatable bonds is 7. The van der Waals surface area contributed by atoms with Crippen molar-refractivity contribution in [3.63, 3.8) is 0 Å². The summed E-state index contributed by atoms with van der Waals surface area (Å²) < 4.78 is 36.7. The molecule has 0 heterocycles. The summed E-state index contributed by atoms with van der Waals surface area (Å²) in [5.41, 5.74) is 6.99. The molecule has 2 unspecified atom stereocenters. The first kappa shape index (κ1) is 25.7. The van der Waals surface area contributed by atoms with E-state index in [1.54, 1.807) is 0 Å². The Morgan fingerprint density at radius 2 is 1.79 bits per heavy atom. The number of nitrogens with two attached hydrogens (primary N) is 1. The lowest BCUT2D eigenvalue weighted by atomic mass is 9.45. The third-order valence-corrected chi connectivity index (χ3v) is 11.4. The van der Waals surface area contributed by atoms with Gasteiger partial charge in [-0.2, -0.15) is 8.42 Å². The van der Waals surface area contributed by atoms with Crippen molar-refractivity contribution in [3.8, 4) is 0 Å². The fraction of sp³-hybridized carbons (Fsp3) is 0.926. The molecule has 0 aromatic rings. The highest BCUT2D eigenvalue weighted by molar-refractivity contribution is 7.80. The molecular weight excluding hydrogens is 434 g/mol. The highest BCUT2D eigenvalue weighted by atomic mass is 32.3. The first-order chi connectivity index (χ1) is 15.3. The van der Waals surface area contributed by atoms with Crippen molar-refractivity contribution in [3.05, 3.63) is 12.2 Å². The van der Waals surface area contributed by atoms with E-state index in [0.717, 1.165) is 36.5 Å². The Balaban J connectivity index is 1.45. The van der Waals surface area contributed by atoms with Crippen LogP contribution in [0.4, 0.5) is 0 Å². The Bertz CT molecular complexity index is 841. The fourth-order valence-corrected chi connectivity index (χ4v) is 9.72. The van der Waals surface area contributed by atoms with Gasteiger partial charge in [0.2, 0.25) is 0 Å². The lowest BCUT2D eigenvalue weighted by molar-refractivity contribution is -0.0857. The average Bonchev–Trinajstić information content (AvgIpc) is 3.07. The minimum Gasteiger partial charge on any atom is -0.324 e. The zero-order valence-corrected chi connectivity index (χ0v) is 22.2. The van der Waals surface area contributed by atoms with Gasteiger partial charge in [-0.05, 0) is 110 Å². The highest BCUT2D eigenvalue weighted by Crippen LogP contribution is 2.67. The van der Waals surface area contributed by atoms with E-state index in [0.29, 0.717) is 29.1 Å². The van der Waals surface area contributed by atoms with E-state index in [9.17, 15) is 13.0 Å². The zero-order chi connectivity index (χ0) is 24.2. The van der Waals surface area contributed by atoms with Gasteiger partial charge in [0, 0.05) is 6.04 Å². The first-order valence-corrected chi connectivity index (χ1v) is 14.8. The first-order valence-electron chi connectivity index (χ1n) is 13.5. The van der Waals surface area contributed by atoms with Crippen LogP contribution in [0.25, 0.3) is 0 Å². The minimum atomic E-state index is -4.41. The highest BCUT2D eigenvalue weighted by Gasteiger charge is 2.59. The third-order valence-electron chi connectivity index (χ3n) is 10.9. The van der Waals surface area contributed by atoms with Crippen LogP contribution in [0, 0.1) is 52.3 Å². The molecule has 0 spiro atoms. The number of hydrogen-bond acceptors (Lipinski definition) is 4. The summed E-state index contributed by atoms with van der Waals surface area (Å²) >= 11 is 0. The summed E-state index contributed by atoms with van der Waals surface area (Å²) in [6, 6.07) is 0.240. The van der Waals surface area contributed by atoms with Gasteiger partial charge >= 0.3 is 10.4 Å². The Morgan fingerprint density at radius 1 is 1.06 bits per heavy atom. The molecule has 0 saturated heterocycles. The van der Waals surface area contributed by atoms with Crippen LogP contribution in [-0.4, -0.2) is 25.1 Å². The van der Waals surface area contributed by atoms with Gasteiger partial charge in [-0.15, -0.1) is 0 Å². The molecule has 0 bridgehead atoms. The van der Waals surface area contributed by atoms with Crippen molar-refractivity contribution in [2.24, 2.45) is 58.0 Å². The summed E-state index contributed by atoms with van der Waals surface area (Å²) in [6.45, 7) is 11.4. The summed E-state index contributed by atoms with van der Waals surface area (Å²) in [5, 5.41) is 0. The topological polar surface area (TPSA) is 89.6 Å². The van der Waals surface area contributed by atoms with E-state index in [1.807, 2.05) is 13.8 Å². The van der Waals surface area contributed by atoms with Crippen molar-refractivity contribution in [1.29, 1.82) is 0 Å². The Hall–Kier alpha value is -0.430. The quantitative estimate of drug-likeness (QED) is 0.343. The summed E-state index contributed by atoms with van der Waals surface area (Å²) in [7, 11) is -4.41. The van der Waals surface area contributed by atoms with Crippen LogP contribution in [-0.2, 0) is 14.6 Å². The summed E-state index contributed by atoms with van der Waals surface area (Å²) in [5.74, 6) is 4.43. The molecule has 4 rings (SSSR count). The monoisotopic (exact) mass is 481 g/mol. The number of fused-ring (bicyclic) bond motifs is 5. The molecule has 5 nitrogen and oxygen atoms in total. The van der Waals surface area contributed by atoms with Crippen molar-refractivity contribution >= 4 is 10.4 Å². The maximum Gasteiger partial charge on any atom is 0.397 e. The molecule has 33 heavy (non-hydrogen) atoms. The molecule has 3 N–H and O–H groups in total. The van der Waals surface area contributed by atoms with E-state index in [4.69, 9.17) is 9.92 Å². The van der Waals surface area contributed by atoms with Crippen LogP contribution in [0.15, 0.2) is 12.2 Å². The molecule has 190 valence electrons. The van der Waals surface area contributed by atoms with Crippen LogP contribution in [0.2, 0.25) is 0 Å². The SMILES string of the molecule is CC(CC[C@@H](OS(=O)(=O)O)C(C)C)[C@H]1CC[C@H]2[C@@H]3CCC4C[C@H](N)C=C[C@]4(C)[C@H]3CC[C@]12C. The summed E-state index contributed by atoms with van der Waals surface area (Å²) in [4.78, 5) is 0. The summed E-state index contributed by atoms with van der Waals surface area (Å²) in [6.07, 6.45) is 15.1. The van der Waals surface area contributed by atoms with Crippen LogP contribution in [0.1, 0.15) is 92.4 Å². The lowest BCUT2D eigenvalue weighted by Crippen LogP contribution is -2.53. The molecule has 3 saturated carbocycles. The number of allylic oxidation sites excluding steroid dienone is 1. The largest absolute Gasteiger partial charge is 0.397 e. The molecule has 3 fully saturated rings. The molecule has 0 aliphatic heterocycles. The molecule has 10 atom stereocenters. The predicted octanol–water partition coefficient (Wildman–Crippen LogP) is 6.01. The molecule has 0 aromatic carbocycles. The van der Waals surface area contributed by atoms with Crippen molar-refractivity contribution in [2.75, 3.05) is 0 Å². The van der Waals surface area contributed by atoms with Gasteiger partial charge < -0.3 is 5.73 Å². The van der Waals surface area contributed by atoms with Gasteiger partial charge in [0.1, 0.15) is 0 Å². The Morgan fingerprint density at radius 3 is 2.45 bits per heavy atom. The van der Waals surface area contributed by atoms with Gasteiger partial charge in [0.15, 0.2) is 0 Å². The van der Waals surface area contributed by atoms with E-state index < -0.39 is 16.5 Å². The van der Waals surface area contributed by atoms with Gasteiger partial charge in [-0.25, -0.2) is 4.18 Å². The van der Waals surface area contributed by atoms with Gasteiger partial charge in [-0.3, -0.25) is 4.55 Å². The number of hydrogen-bond donors (Lipinski definition) is 2. The second kappa shape index (κ2) is 9.22. The smallest absolute Gasteiger partial charge is 0.324 e. The van der Waals surface area contributed by atoms with Crippen molar-refractivity contribution < 1.29 is 17.2 Å². The molecule has 0 amide bonds. The van der Waals surface area contributed by atoms with Crippen LogP contribution < -0.4 is 5.73 Å². The van der Waals surface area contributed by atoms with Crippen LogP contribution in [0.3, 0.4) is 0 Å². The molecule has 0 aromatic heterocycles. The van der Waals surface area contributed by atoms with Gasteiger partial charge in [0.05, 0.1) is 6.10 Å². The second-order valence-corrected chi connectivity index (χ2v) is 13.9. The normalized spacial score (nSPS) is 44.7. The minimum absolute atomic E-state index is 0.0501. The molecule has 4 aliphatic rings. The van der Waals surface area contributed by atoms with Crippen LogP contribution in [0.5, 0.6) is 0 Å². The van der Waals surface area contributed by atoms with E-state index >= 15 is 0 Å².